The number of carboxylic acids is 1. The Morgan fingerprint density at radius 3 is 3.12 bits per heavy atom. The molecule has 92 valence electrons. The lowest BCUT2D eigenvalue weighted by atomic mass is 9.97. The smallest absolute Gasteiger partial charge is 0.317 e. The molecule has 2 atom stereocenters. The van der Waals surface area contributed by atoms with Gasteiger partial charge in [0.1, 0.15) is 0 Å². The van der Waals surface area contributed by atoms with Crippen molar-refractivity contribution in [3.63, 3.8) is 0 Å². The standard InChI is InChI=1S/C12H22N2O2/c1-3-10(2)14-6-4-5-11(9-14)7-13-8-12(15)16/h3,10-11,13H,1,4-9H2,2H3,(H,15,16). The Bertz CT molecular complexity index is 243. The topological polar surface area (TPSA) is 52.6 Å². The highest BCUT2D eigenvalue weighted by Gasteiger charge is 2.21. The predicted molar refractivity (Wildman–Crippen MR) is 64.5 cm³/mol. The van der Waals surface area contributed by atoms with Crippen LogP contribution in [0.2, 0.25) is 0 Å². The van der Waals surface area contributed by atoms with E-state index < -0.39 is 5.97 Å². The van der Waals surface area contributed by atoms with E-state index in [4.69, 9.17) is 5.11 Å². The second-order valence-electron chi connectivity index (χ2n) is 4.50. The van der Waals surface area contributed by atoms with E-state index in [-0.39, 0.29) is 6.54 Å². The number of rotatable bonds is 6. The van der Waals surface area contributed by atoms with Crippen molar-refractivity contribution in [2.24, 2.45) is 5.92 Å². The number of aliphatic carboxylic acids is 1. The molecule has 1 aliphatic heterocycles. The SMILES string of the molecule is C=CC(C)N1CCCC(CNCC(=O)O)C1. The van der Waals surface area contributed by atoms with Crippen molar-refractivity contribution in [2.45, 2.75) is 25.8 Å². The van der Waals surface area contributed by atoms with E-state index in [1.165, 1.54) is 12.8 Å². The number of hydrogen-bond donors (Lipinski definition) is 2. The number of nitrogens with one attached hydrogen (secondary N) is 1. The van der Waals surface area contributed by atoms with Crippen LogP contribution < -0.4 is 5.32 Å². The Morgan fingerprint density at radius 2 is 2.50 bits per heavy atom. The minimum atomic E-state index is -0.785. The van der Waals surface area contributed by atoms with Gasteiger partial charge in [-0.2, -0.15) is 0 Å². The molecule has 4 nitrogen and oxygen atoms in total. The van der Waals surface area contributed by atoms with Crippen LogP contribution in [0.4, 0.5) is 0 Å². The lowest BCUT2D eigenvalue weighted by Gasteiger charge is -2.35. The summed E-state index contributed by atoms with van der Waals surface area (Å²) < 4.78 is 0. The van der Waals surface area contributed by atoms with Crippen LogP contribution in [0, 0.1) is 5.92 Å². The molecule has 2 N–H and O–H groups in total. The number of likely N-dealkylation sites (tertiary alicyclic amines) is 1. The predicted octanol–water partition coefficient (Wildman–Crippen LogP) is 0.947. The first-order valence-electron chi connectivity index (χ1n) is 5.92. The molecule has 1 heterocycles. The maximum Gasteiger partial charge on any atom is 0.317 e. The number of nitrogens with zero attached hydrogens (tertiary/aromatic N) is 1. The van der Waals surface area contributed by atoms with E-state index in [9.17, 15) is 4.79 Å². The van der Waals surface area contributed by atoms with Crippen LogP contribution in [0.25, 0.3) is 0 Å². The van der Waals surface area contributed by atoms with Crippen molar-refractivity contribution in [3.8, 4) is 0 Å². The molecule has 0 aromatic carbocycles. The lowest BCUT2D eigenvalue weighted by molar-refractivity contribution is -0.136. The highest BCUT2D eigenvalue weighted by atomic mass is 16.4. The van der Waals surface area contributed by atoms with Crippen LogP contribution in [-0.2, 0) is 4.79 Å². The fourth-order valence-electron chi connectivity index (χ4n) is 2.17. The van der Waals surface area contributed by atoms with Crippen LogP contribution in [0.15, 0.2) is 12.7 Å². The maximum absolute atomic E-state index is 10.4. The molecule has 1 fully saturated rings. The zero-order chi connectivity index (χ0) is 12.0. The van der Waals surface area contributed by atoms with Gasteiger partial charge in [-0.15, -0.1) is 6.58 Å². The molecule has 1 rings (SSSR count). The molecule has 2 unspecified atom stereocenters. The fourth-order valence-corrected chi connectivity index (χ4v) is 2.17. The van der Waals surface area contributed by atoms with Gasteiger partial charge in [-0.25, -0.2) is 0 Å². The molecule has 1 aliphatic rings. The lowest BCUT2D eigenvalue weighted by Crippen LogP contribution is -2.43. The quantitative estimate of drug-likeness (QED) is 0.662. The fraction of sp³-hybridized carbons (Fsp3) is 0.750. The van der Waals surface area contributed by atoms with Gasteiger partial charge in [0.2, 0.25) is 0 Å². The van der Waals surface area contributed by atoms with Crippen molar-refractivity contribution in [1.29, 1.82) is 0 Å². The first kappa shape index (κ1) is 13.2. The number of carbonyl (C=O) groups is 1. The Balaban J connectivity index is 2.27. The third-order valence-electron chi connectivity index (χ3n) is 3.18. The van der Waals surface area contributed by atoms with Crippen molar-refractivity contribution >= 4 is 5.97 Å². The molecule has 0 aromatic rings. The zero-order valence-corrected chi connectivity index (χ0v) is 9.98. The Labute approximate surface area is 97.3 Å². The number of carboxylic acid groups (broad SMARTS) is 1. The van der Waals surface area contributed by atoms with E-state index in [0.717, 1.165) is 19.6 Å². The summed E-state index contributed by atoms with van der Waals surface area (Å²) >= 11 is 0. The van der Waals surface area contributed by atoms with E-state index in [2.05, 4.69) is 23.7 Å². The monoisotopic (exact) mass is 226 g/mol. The van der Waals surface area contributed by atoms with Gasteiger partial charge in [0.05, 0.1) is 6.54 Å². The number of piperidine rings is 1. The third kappa shape index (κ3) is 4.33. The van der Waals surface area contributed by atoms with E-state index in [1.54, 1.807) is 0 Å². The average molecular weight is 226 g/mol. The van der Waals surface area contributed by atoms with Crippen LogP contribution in [0.5, 0.6) is 0 Å². The highest BCUT2D eigenvalue weighted by Crippen LogP contribution is 2.18. The molecule has 0 bridgehead atoms. The summed E-state index contributed by atoms with van der Waals surface area (Å²) in [5.74, 6) is -0.220. The van der Waals surface area contributed by atoms with Crippen molar-refractivity contribution < 1.29 is 9.90 Å². The first-order valence-corrected chi connectivity index (χ1v) is 5.92. The second-order valence-corrected chi connectivity index (χ2v) is 4.50. The minimum absolute atomic E-state index is 0.0630. The Hall–Kier alpha value is -0.870. The van der Waals surface area contributed by atoms with Crippen LogP contribution >= 0.6 is 0 Å². The maximum atomic E-state index is 10.4. The van der Waals surface area contributed by atoms with E-state index in [1.807, 2.05) is 6.08 Å². The summed E-state index contributed by atoms with van der Waals surface area (Å²) in [4.78, 5) is 12.8. The van der Waals surface area contributed by atoms with Crippen LogP contribution in [0.3, 0.4) is 0 Å². The summed E-state index contributed by atoms with van der Waals surface area (Å²) in [6.45, 7) is 8.99. The van der Waals surface area contributed by atoms with Gasteiger partial charge in [-0.3, -0.25) is 9.69 Å². The second kappa shape index (κ2) is 6.66. The molecule has 4 heteroatoms. The van der Waals surface area contributed by atoms with Gasteiger partial charge in [0.15, 0.2) is 0 Å². The van der Waals surface area contributed by atoms with Crippen LogP contribution in [-0.4, -0.2) is 48.2 Å². The van der Waals surface area contributed by atoms with Crippen molar-refractivity contribution in [3.05, 3.63) is 12.7 Å². The van der Waals surface area contributed by atoms with Gasteiger partial charge in [-0.1, -0.05) is 6.08 Å². The molecule has 0 saturated carbocycles. The summed E-state index contributed by atoms with van der Waals surface area (Å²) in [6, 6.07) is 0.419. The van der Waals surface area contributed by atoms with Gasteiger partial charge >= 0.3 is 5.97 Å². The third-order valence-corrected chi connectivity index (χ3v) is 3.18. The zero-order valence-electron chi connectivity index (χ0n) is 9.98. The molecule has 16 heavy (non-hydrogen) atoms. The molecular weight excluding hydrogens is 204 g/mol. The summed E-state index contributed by atoms with van der Waals surface area (Å²) in [5.41, 5.74) is 0. The Kier molecular flexibility index (Phi) is 5.49. The van der Waals surface area contributed by atoms with Gasteiger partial charge in [-0.05, 0) is 38.8 Å². The molecule has 0 radical (unpaired) electrons. The largest absolute Gasteiger partial charge is 0.480 e. The molecular formula is C12H22N2O2. The first-order chi connectivity index (χ1) is 7.63. The van der Waals surface area contributed by atoms with Gasteiger partial charge in [0, 0.05) is 12.6 Å². The molecule has 0 amide bonds. The average Bonchev–Trinajstić information content (AvgIpc) is 2.28. The highest BCUT2D eigenvalue weighted by molar-refractivity contribution is 5.68. The van der Waals surface area contributed by atoms with Crippen molar-refractivity contribution in [2.75, 3.05) is 26.2 Å². The minimum Gasteiger partial charge on any atom is -0.480 e. The normalized spacial score (nSPS) is 23.9. The van der Waals surface area contributed by atoms with E-state index in [0.29, 0.717) is 12.0 Å². The summed E-state index contributed by atoms with van der Waals surface area (Å²) in [5, 5.41) is 11.5. The summed E-state index contributed by atoms with van der Waals surface area (Å²) in [6.07, 6.45) is 4.34. The van der Waals surface area contributed by atoms with Crippen LogP contribution in [0.1, 0.15) is 19.8 Å². The number of hydrogen-bond acceptors (Lipinski definition) is 3. The summed E-state index contributed by atoms with van der Waals surface area (Å²) in [7, 11) is 0. The molecule has 0 aromatic heterocycles. The molecule has 1 saturated heterocycles. The van der Waals surface area contributed by atoms with Gasteiger partial charge in [0.25, 0.3) is 0 Å². The molecule has 0 spiro atoms. The van der Waals surface area contributed by atoms with Crippen molar-refractivity contribution in [1.82, 2.24) is 10.2 Å². The van der Waals surface area contributed by atoms with E-state index >= 15 is 0 Å². The van der Waals surface area contributed by atoms with Gasteiger partial charge < -0.3 is 10.4 Å². The Morgan fingerprint density at radius 1 is 1.75 bits per heavy atom. The molecule has 0 aliphatic carbocycles.